The molecule has 2 aromatic rings. The largest absolute Gasteiger partial charge is 0.350 e. The highest BCUT2D eigenvalue weighted by molar-refractivity contribution is 5.94. The number of amides is 1. The van der Waals surface area contributed by atoms with Gasteiger partial charge in [0.05, 0.1) is 0 Å². The zero-order valence-corrected chi connectivity index (χ0v) is 17.5. The van der Waals surface area contributed by atoms with E-state index in [1.54, 1.807) is 0 Å². The summed E-state index contributed by atoms with van der Waals surface area (Å²) in [5.74, 6) is 0.812. The second-order valence-corrected chi connectivity index (χ2v) is 8.62. The lowest BCUT2D eigenvalue weighted by Crippen LogP contribution is -2.40. The van der Waals surface area contributed by atoms with Crippen LogP contribution in [0.15, 0.2) is 30.3 Å². The lowest BCUT2D eigenvalue weighted by Gasteiger charge is -2.23. The number of nitrogens with one attached hydrogen (secondary N) is 1. The summed E-state index contributed by atoms with van der Waals surface area (Å²) in [5, 5.41) is 3.14. The van der Waals surface area contributed by atoms with Gasteiger partial charge in [0.2, 0.25) is 0 Å². The van der Waals surface area contributed by atoms with Crippen molar-refractivity contribution in [3.05, 3.63) is 52.8 Å². The molecule has 1 aromatic heterocycles. The molecule has 4 rings (SSSR count). The number of aryl methyl sites for hydroxylation is 1. The van der Waals surface area contributed by atoms with E-state index in [1.807, 2.05) is 12.1 Å². The van der Waals surface area contributed by atoms with E-state index in [1.165, 1.54) is 42.6 Å². The Morgan fingerprint density at radius 2 is 2.00 bits per heavy atom. The summed E-state index contributed by atoms with van der Waals surface area (Å²) in [4.78, 5) is 15.1. The van der Waals surface area contributed by atoms with Crippen LogP contribution in [0.5, 0.6) is 0 Å². The lowest BCUT2D eigenvalue weighted by molar-refractivity contribution is 0.0941. The molecular weight excluding hydrogens is 346 g/mol. The van der Waals surface area contributed by atoms with Crippen molar-refractivity contribution in [2.75, 3.05) is 19.6 Å². The van der Waals surface area contributed by atoms with Gasteiger partial charge in [-0.1, -0.05) is 13.8 Å². The number of carbonyl (C=O) groups excluding carboxylic acids is 1. The number of rotatable bonds is 5. The number of hydrogen-bond donors (Lipinski definition) is 1. The molecule has 1 fully saturated rings. The van der Waals surface area contributed by atoms with Crippen LogP contribution in [0.1, 0.15) is 60.4 Å². The molecule has 2 unspecified atom stereocenters. The van der Waals surface area contributed by atoms with E-state index in [4.69, 9.17) is 0 Å². The fourth-order valence-corrected chi connectivity index (χ4v) is 5.04. The summed E-state index contributed by atoms with van der Waals surface area (Å²) in [6, 6.07) is 10.9. The van der Waals surface area contributed by atoms with Gasteiger partial charge in [-0.2, -0.15) is 0 Å². The molecule has 0 saturated carbocycles. The van der Waals surface area contributed by atoms with Crippen molar-refractivity contribution < 1.29 is 4.79 Å². The molecule has 0 radical (unpaired) electrons. The van der Waals surface area contributed by atoms with Crippen LogP contribution >= 0.6 is 0 Å². The molecule has 28 heavy (non-hydrogen) atoms. The van der Waals surface area contributed by atoms with Gasteiger partial charge in [0.1, 0.15) is 0 Å². The average molecular weight is 380 g/mol. The molecule has 0 spiro atoms. The minimum absolute atomic E-state index is 0.0367. The first-order valence-corrected chi connectivity index (χ1v) is 10.9. The Morgan fingerprint density at radius 3 is 2.75 bits per heavy atom. The Bertz CT molecular complexity index is 836. The number of benzene rings is 1. The van der Waals surface area contributed by atoms with Crippen LogP contribution in [-0.4, -0.2) is 41.1 Å². The number of aromatic nitrogens is 1. The molecule has 2 heterocycles. The molecule has 1 aliphatic carbocycles. The summed E-state index contributed by atoms with van der Waals surface area (Å²) in [6.07, 6.45) is 6.00. The summed E-state index contributed by atoms with van der Waals surface area (Å²) in [7, 11) is 0. The maximum absolute atomic E-state index is 12.6. The predicted octanol–water partition coefficient (Wildman–Crippen LogP) is 4.12. The normalized spacial score (nSPS) is 22.2. The standard InChI is InChI=1S/C24H33N3O/c1-4-26-13-5-6-22(26)16-25-24(28)19-8-10-21(11-9-19)27-18(3)15-20-14-17(2)7-12-23(20)27/h8-11,15,17,22H,4-7,12-14,16H2,1-3H3,(H,25,28). The smallest absolute Gasteiger partial charge is 0.251 e. The van der Waals surface area contributed by atoms with Crippen LogP contribution in [0, 0.1) is 12.8 Å². The van der Waals surface area contributed by atoms with E-state index in [0.29, 0.717) is 6.04 Å². The molecule has 1 aliphatic heterocycles. The molecule has 4 heteroatoms. The topological polar surface area (TPSA) is 37.3 Å². The highest BCUT2D eigenvalue weighted by Crippen LogP contribution is 2.30. The van der Waals surface area contributed by atoms with E-state index in [0.717, 1.165) is 43.2 Å². The van der Waals surface area contributed by atoms with Crippen LogP contribution in [-0.2, 0) is 12.8 Å². The number of likely N-dealkylation sites (N-methyl/N-ethyl adjacent to an activating group) is 1. The fourth-order valence-electron chi connectivity index (χ4n) is 5.04. The Morgan fingerprint density at radius 1 is 1.21 bits per heavy atom. The lowest BCUT2D eigenvalue weighted by atomic mass is 9.89. The SMILES string of the molecule is CCN1CCCC1CNC(=O)c1ccc(-n2c(C)cc3c2CCC(C)C3)cc1. The van der Waals surface area contributed by atoms with E-state index >= 15 is 0 Å². The first kappa shape index (κ1) is 19.3. The van der Waals surface area contributed by atoms with Crippen molar-refractivity contribution in [2.24, 2.45) is 5.92 Å². The van der Waals surface area contributed by atoms with Gasteiger partial charge in [0, 0.05) is 35.2 Å². The number of fused-ring (bicyclic) bond motifs is 1. The van der Waals surface area contributed by atoms with Crippen LogP contribution in [0.2, 0.25) is 0 Å². The molecule has 2 atom stereocenters. The summed E-state index contributed by atoms with van der Waals surface area (Å²) >= 11 is 0. The number of nitrogens with zero attached hydrogens (tertiary/aromatic N) is 2. The van der Waals surface area contributed by atoms with Gasteiger partial charge >= 0.3 is 0 Å². The number of carbonyl (C=O) groups is 1. The molecule has 4 nitrogen and oxygen atoms in total. The van der Waals surface area contributed by atoms with Gasteiger partial charge in [0.15, 0.2) is 0 Å². The maximum atomic E-state index is 12.6. The van der Waals surface area contributed by atoms with Gasteiger partial charge in [-0.15, -0.1) is 0 Å². The first-order chi connectivity index (χ1) is 13.6. The average Bonchev–Trinajstić information content (AvgIpc) is 3.28. The Labute approximate surface area is 168 Å². The van der Waals surface area contributed by atoms with E-state index in [9.17, 15) is 4.79 Å². The van der Waals surface area contributed by atoms with Gasteiger partial charge in [-0.25, -0.2) is 0 Å². The summed E-state index contributed by atoms with van der Waals surface area (Å²) < 4.78 is 2.38. The monoisotopic (exact) mass is 379 g/mol. The van der Waals surface area contributed by atoms with Crippen LogP contribution in [0.25, 0.3) is 5.69 Å². The van der Waals surface area contributed by atoms with Crippen molar-refractivity contribution in [1.82, 2.24) is 14.8 Å². The van der Waals surface area contributed by atoms with Crippen molar-refractivity contribution in [3.63, 3.8) is 0 Å². The molecule has 0 bridgehead atoms. The van der Waals surface area contributed by atoms with Crippen LogP contribution in [0.4, 0.5) is 0 Å². The first-order valence-electron chi connectivity index (χ1n) is 10.9. The van der Waals surface area contributed by atoms with E-state index in [2.05, 4.69) is 53.8 Å². The Balaban J connectivity index is 1.45. The van der Waals surface area contributed by atoms with Crippen molar-refractivity contribution >= 4 is 5.91 Å². The summed E-state index contributed by atoms with van der Waals surface area (Å²) in [6.45, 7) is 9.69. The Kier molecular flexibility index (Phi) is 5.58. The molecule has 1 amide bonds. The third kappa shape index (κ3) is 3.75. The van der Waals surface area contributed by atoms with Gasteiger partial charge in [-0.05, 0) is 93.9 Å². The molecular formula is C24H33N3O. The van der Waals surface area contributed by atoms with Gasteiger partial charge in [0.25, 0.3) is 5.91 Å². The van der Waals surface area contributed by atoms with Crippen LogP contribution < -0.4 is 5.32 Å². The zero-order valence-electron chi connectivity index (χ0n) is 17.5. The summed E-state index contributed by atoms with van der Waals surface area (Å²) in [5.41, 5.74) is 6.15. The molecule has 2 aliphatic rings. The highest BCUT2D eigenvalue weighted by atomic mass is 16.1. The minimum Gasteiger partial charge on any atom is -0.350 e. The molecule has 1 aromatic carbocycles. The maximum Gasteiger partial charge on any atom is 0.251 e. The van der Waals surface area contributed by atoms with Crippen LogP contribution in [0.3, 0.4) is 0 Å². The highest BCUT2D eigenvalue weighted by Gasteiger charge is 2.24. The van der Waals surface area contributed by atoms with Crippen molar-refractivity contribution in [3.8, 4) is 5.69 Å². The number of hydrogen-bond acceptors (Lipinski definition) is 2. The van der Waals surface area contributed by atoms with Gasteiger partial charge in [-0.3, -0.25) is 9.69 Å². The van der Waals surface area contributed by atoms with E-state index in [-0.39, 0.29) is 5.91 Å². The predicted molar refractivity (Wildman–Crippen MR) is 114 cm³/mol. The second-order valence-electron chi connectivity index (χ2n) is 8.62. The Hall–Kier alpha value is -2.07. The molecule has 1 N–H and O–H groups in total. The van der Waals surface area contributed by atoms with Crippen molar-refractivity contribution in [2.45, 2.75) is 58.9 Å². The van der Waals surface area contributed by atoms with Gasteiger partial charge < -0.3 is 9.88 Å². The van der Waals surface area contributed by atoms with Crippen molar-refractivity contribution in [1.29, 1.82) is 0 Å². The quantitative estimate of drug-likeness (QED) is 0.848. The molecule has 150 valence electrons. The third-order valence-corrected chi connectivity index (χ3v) is 6.61. The minimum atomic E-state index is 0.0367. The third-order valence-electron chi connectivity index (χ3n) is 6.61. The zero-order chi connectivity index (χ0) is 19.7. The second kappa shape index (κ2) is 8.12. The number of likely N-dealkylation sites (tertiary alicyclic amines) is 1. The van der Waals surface area contributed by atoms with E-state index < -0.39 is 0 Å². The molecule has 1 saturated heterocycles. The fraction of sp³-hybridized carbons (Fsp3) is 0.542.